The van der Waals surface area contributed by atoms with Gasteiger partial charge in [-0.3, -0.25) is 14.4 Å². The van der Waals surface area contributed by atoms with E-state index in [0.717, 1.165) is 28.6 Å². The summed E-state index contributed by atoms with van der Waals surface area (Å²) in [4.78, 5) is 43.1. The summed E-state index contributed by atoms with van der Waals surface area (Å²) in [7, 11) is 3.25. The van der Waals surface area contributed by atoms with E-state index in [0.29, 0.717) is 30.1 Å². The van der Waals surface area contributed by atoms with Crippen molar-refractivity contribution in [2.45, 2.75) is 19.4 Å². The first-order valence-electron chi connectivity index (χ1n) is 9.14. The van der Waals surface area contributed by atoms with Gasteiger partial charge in [-0.25, -0.2) is 8.78 Å². The van der Waals surface area contributed by atoms with Gasteiger partial charge in [-0.1, -0.05) is 0 Å². The second kappa shape index (κ2) is 7.22. The number of nitrogens with zero attached hydrogens (tertiary/aromatic N) is 3. The lowest BCUT2D eigenvalue weighted by Gasteiger charge is -2.27. The number of rotatable bonds is 2. The van der Waals surface area contributed by atoms with Crippen LogP contribution in [0.2, 0.25) is 0 Å². The maximum absolute atomic E-state index is 13.4. The third-order valence-corrected chi connectivity index (χ3v) is 6.57. The molecule has 4 rings (SSSR count). The Morgan fingerprint density at radius 3 is 2.48 bits per heavy atom. The fourth-order valence-corrected chi connectivity index (χ4v) is 5.08. The molecule has 3 heterocycles. The van der Waals surface area contributed by atoms with E-state index in [9.17, 15) is 23.2 Å². The maximum atomic E-state index is 13.4. The second-order valence-electron chi connectivity index (χ2n) is 7.32. The second-order valence-corrected chi connectivity index (χ2v) is 8.40. The van der Waals surface area contributed by atoms with Gasteiger partial charge in [-0.2, -0.15) is 0 Å². The monoisotopic (exact) mass is 419 g/mol. The normalized spacial score (nSPS) is 16.6. The minimum absolute atomic E-state index is 0.0281. The van der Waals surface area contributed by atoms with Crippen LogP contribution in [0.3, 0.4) is 0 Å². The zero-order chi connectivity index (χ0) is 20.9. The van der Waals surface area contributed by atoms with Crippen molar-refractivity contribution in [1.29, 1.82) is 0 Å². The van der Waals surface area contributed by atoms with E-state index in [1.807, 2.05) is 0 Å². The molecule has 0 bridgehead atoms. The third-order valence-electron chi connectivity index (χ3n) is 5.28. The zero-order valence-electron chi connectivity index (χ0n) is 16.0. The lowest BCUT2D eigenvalue weighted by atomic mass is 10.0. The summed E-state index contributed by atoms with van der Waals surface area (Å²) in [6.45, 7) is 0.741. The van der Waals surface area contributed by atoms with Gasteiger partial charge in [0, 0.05) is 31.6 Å². The molecule has 1 aromatic heterocycles. The van der Waals surface area contributed by atoms with Crippen molar-refractivity contribution in [3.63, 3.8) is 0 Å². The van der Waals surface area contributed by atoms with E-state index in [2.05, 4.69) is 0 Å². The molecule has 9 heteroatoms. The molecule has 0 spiro atoms. The summed E-state index contributed by atoms with van der Waals surface area (Å²) in [6.07, 6.45) is 0.390. The molecular formula is C20H19F2N3O3S. The number of thiophene rings is 1. The SMILES string of the molecule is CN1CC(=O)N(C)c2sc3c(c2C1=O)CCN(C(=O)Cc1cc(F)cc(F)c1)C3. The molecule has 0 N–H and O–H groups in total. The average molecular weight is 419 g/mol. The van der Waals surface area contributed by atoms with Crippen molar-refractivity contribution < 1.29 is 23.2 Å². The molecule has 2 aromatic rings. The molecular weight excluding hydrogens is 400 g/mol. The number of carbonyl (C=O) groups excluding carboxylic acids is 3. The van der Waals surface area contributed by atoms with E-state index >= 15 is 0 Å². The Kier molecular flexibility index (Phi) is 4.85. The topological polar surface area (TPSA) is 60.9 Å². The molecule has 2 aliphatic rings. The van der Waals surface area contributed by atoms with Crippen LogP contribution in [-0.4, -0.2) is 54.7 Å². The Balaban J connectivity index is 1.59. The number of hydrogen-bond acceptors (Lipinski definition) is 4. The highest BCUT2D eigenvalue weighted by Crippen LogP contribution is 2.40. The Morgan fingerprint density at radius 1 is 1.10 bits per heavy atom. The van der Waals surface area contributed by atoms with E-state index in [1.54, 1.807) is 19.0 Å². The van der Waals surface area contributed by atoms with E-state index < -0.39 is 11.6 Å². The first-order valence-corrected chi connectivity index (χ1v) is 9.95. The molecule has 152 valence electrons. The highest BCUT2D eigenvalue weighted by Gasteiger charge is 2.36. The fraction of sp³-hybridized carbons (Fsp3) is 0.350. The quantitative estimate of drug-likeness (QED) is 0.750. The molecule has 6 nitrogen and oxygen atoms in total. The number of anilines is 1. The van der Waals surface area contributed by atoms with Gasteiger partial charge in [0.05, 0.1) is 18.5 Å². The molecule has 29 heavy (non-hydrogen) atoms. The minimum Gasteiger partial charge on any atom is -0.337 e. The van der Waals surface area contributed by atoms with E-state index in [1.165, 1.54) is 21.1 Å². The number of carbonyl (C=O) groups is 3. The molecule has 1 aromatic carbocycles. The minimum atomic E-state index is -0.717. The highest BCUT2D eigenvalue weighted by molar-refractivity contribution is 7.17. The van der Waals surface area contributed by atoms with Crippen LogP contribution >= 0.6 is 11.3 Å². The molecule has 0 saturated carbocycles. The third kappa shape index (κ3) is 3.50. The molecule has 0 unspecified atom stereocenters. The molecule has 0 saturated heterocycles. The summed E-state index contributed by atoms with van der Waals surface area (Å²) < 4.78 is 26.8. The Bertz CT molecular complexity index is 1020. The summed E-state index contributed by atoms with van der Waals surface area (Å²) >= 11 is 1.34. The molecule has 2 aliphatic heterocycles. The summed E-state index contributed by atoms with van der Waals surface area (Å²) in [6, 6.07) is 3.07. The van der Waals surface area contributed by atoms with Crippen molar-refractivity contribution in [2.75, 3.05) is 32.1 Å². The van der Waals surface area contributed by atoms with Crippen LogP contribution in [-0.2, 0) is 29.0 Å². The predicted molar refractivity (Wildman–Crippen MR) is 104 cm³/mol. The molecule has 0 aliphatic carbocycles. The van der Waals surface area contributed by atoms with Crippen molar-refractivity contribution in [2.24, 2.45) is 0 Å². The average Bonchev–Trinajstić information content (AvgIpc) is 3.00. The van der Waals surface area contributed by atoms with Crippen LogP contribution in [0.4, 0.5) is 13.8 Å². The predicted octanol–water partition coefficient (Wildman–Crippen LogP) is 2.20. The smallest absolute Gasteiger partial charge is 0.257 e. The summed E-state index contributed by atoms with van der Waals surface area (Å²) in [5, 5.41) is 0.607. The van der Waals surface area contributed by atoms with Crippen molar-refractivity contribution in [3.8, 4) is 0 Å². The fourth-order valence-electron chi connectivity index (χ4n) is 3.74. The van der Waals surface area contributed by atoms with Crippen LogP contribution in [0, 0.1) is 11.6 Å². The number of halogens is 2. The van der Waals surface area contributed by atoms with Crippen molar-refractivity contribution in [3.05, 3.63) is 51.4 Å². The van der Waals surface area contributed by atoms with Crippen LogP contribution in [0.1, 0.15) is 26.4 Å². The standard InChI is InChI=1S/C20H19F2N3O3S/c1-23-10-17(27)24(2)20-18(19(23)28)14-3-4-25(9-15(14)29-20)16(26)7-11-5-12(21)8-13(22)6-11/h5-6,8H,3-4,7,9-10H2,1-2H3. The van der Waals surface area contributed by atoms with E-state index in [4.69, 9.17) is 0 Å². The number of fused-ring (bicyclic) bond motifs is 3. The lowest BCUT2D eigenvalue weighted by Crippen LogP contribution is -2.37. The van der Waals surface area contributed by atoms with Gasteiger partial charge < -0.3 is 14.7 Å². The van der Waals surface area contributed by atoms with Gasteiger partial charge in [-0.05, 0) is 29.7 Å². The largest absolute Gasteiger partial charge is 0.337 e. The van der Waals surface area contributed by atoms with Gasteiger partial charge in [0.25, 0.3) is 5.91 Å². The van der Waals surface area contributed by atoms with Crippen molar-refractivity contribution >= 4 is 34.1 Å². The van der Waals surface area contributed by atoms with E-state index in [-0.39, 0.29) is 36.3 Å². The van der Waals surface area contributed by atoms with Crippen LogP contribution in [0.25, 0.3) is 0 Å². The molecule has 0 radical (unpaired) electrons. The van der Waals surface area contributed by atoms with Gasteiger partial charge >= 0.3 is 0 Å². The van der Waals surface area contributed by atoms with Crippen LogP contribution < -0.4 is 4.90 Å². The van der Waals surface area contributed by atoms with Gasteiger partial charge in [0.15, 0.2) is 0 Å². The lowest BCUT2D eigenvalue weighted by molar-refractivity contribution is -0.131. The Hall–Kier alpha value is -2.81. The number of benzene rings is 1. The first-order chi connectivity index (χ1) is 13.7. The molecule has 3 amide bonds. The summed E-state index contributed by atoms with van der Waals surface area (Å²) in [5.74, 6) is -2.03. The van der Waals surface area contributed by atoms with Gasteiger partial charge in [0.2, 0.25) is 11.8 Å². The summed E-state index contributed by atoms with van der Waals surface area (Å²) in [5.41, 5.74) is 1.70. The Labute approximate surface area is 170 Å². The molecule has 0 fully saturated rings. The number of amides is 3. The van der Waals surface area contributed by atoms with Crippen LogP contribution in [0.15, 0.2) is 18.2 Å². The Morgan fingerprint density at radius 2 is 1.79 bits per heavy atom. The number of hydrogen-bond donors (Lipinski definition) is 0. The number of likely N-dealkylation sites (N-methyl/N-ethyl adjacent to an activating group) is 2. The maximum Gasteiger partial charge on any atom is 0.257 e. The van der Waals surface area contributed by atoms with Gasteiger partial charge in [0.1, 0.15) is 23.2 Å². The van der Waals surface area contributed by atoms with Gasteiger partial charge in [-0.15, -0.1) is 11.3 Å². The molecule has 0 atom stereocenters. The van der Waals surface area contributed by atoms with Crippen LogP contribution in [0.5, 0.6) is 0 Å². The zero-order valence-corrected chi connectivity index (χ0v) is 16.8. The highest BCUT2D eigenvalue weighted by atomic mass is 32.1. The van der Waals surface area contributed by atoms with Crippen molar-refractivity contribution in [1.82, 2.24) is 9.80 Å². The first kappa shape index (κ1) is 19.5.